The normalized spacial score (nSPS) is 21.0. The molecule has 0 atom stereocenters. The van der Waals surface area contributed by atoms with Crippen LogP contribution >= 0.6 is 0 Å². The predicted octanol–water partition coefficient (Wildman–Crippen LogP) is 0.574. The van der Waals surface area contributed by atoms with E-state index >= 15 is 0 Å². The summed E-state index contributed by atoms with van der Waals surface area (Å²) in [5.41, 5.74) is 0. The molecular weight excluding hydrogens is 174 g/mol. The van der Waals surface area contributed by atoms with E-state index in [0.717, 1.165) is 0 Å². The first kappa shape index (κ1) is 12.0. The Morgan fingerprint density at radius 3 is 2.21 bits per heavy atom. The van der Waals surface area contributed by atoms with Crippen LogP contribution in [0.25, 0.3) is 0 Å². The fourth-order valence-corrected chi connectivity index (χ4v) is 1.63. The maximum absolute atomic E-state index is 2.57. The third-order valence-electron chi connectivity index (χ3n) is 3.25. The molecule has 1 aliphatic rings. The van der Waals surface area contributed by atoms with E-state index in [1.807, 2.05) is 0 Å². The fourth-order valence-electron chi connectivity index (χ4n) is 1.63. The Kier molecular flexibility index (Phi) is 4.85. The van der Waals surface area contributed by atoms with Gasteiger partial charge >= 0.3 is 0 Å². The summed E-state index contributed by atoms with van der Waals surface area (Å²) in [6.07, 6.45) is 0. The van der Waals surface area contributed by atoms with Crippen molar-refractivity contribution in [2.75, 3.05) is 53.4 Å². The van der Waals surface area contributed by atoms with Gasteiger partial charge in [-0.25, -0.2) is 0 Å². The van der Waals surface area contributed by atoms with Crippen molar-refractivity contribution in [3.05, 3.63) is 0 Å². The molecule has 1 aliphatic heterocycles. The molecule has 1 rings (SSSR count). The van der Waals surface area contributed by atoms with Crippen molar-refractivity contribution in [3.8, 4) is 0 Å². The number of rotatable bonds is 4. The molecule has 1 heterocycles. The minimum absolute atomic E-state index is 0.669. The largest absolute Gasteiger partial charge is 0.304 e. The number of likely N-dealkylation sites (N-methyl/N-ethyl adjacent to an activating group) is 2. The lowest BCUT2D eigenvalue weighted by Gasteiger charge is -2.33. The number of piperazine rings is 1. The lowest BCUT2D eigenvalue weighted by atomic mass is 10.3. The first-order chi connectivity index (χ1) is 6.59. The van der Waals surface area contributed by atoms with Crippen LogP contribution in [0.4, 0.5) is 0 Å². The quantitative estimate of drug-likeness (QED) is 0.655. The van der Waals surface area contributed by atoms with Gasteiger partial charge in [-0.3, -0.25) is 4.90 Å². The zero-order valence-corrected chi connectivity index (χ0v) is 10.2. The van der Waals surface area contributed by atoms with Crippen molar-refractivity contribution in [1.82, 2.24) is 14.7 Å². The molecule has 0 aromatic heterocycles. The van der Waals surface area contributed by atoms with E-state index in [1.54, 1.807) is 0 Å². The van der Waals surface area contributed by atoms with Crippen molar-refractivity contribution < 1.29 is 0 Å². The summed E-state index contributed by atoms with van der Waals surface area (Å²) in [4.78, 5) is 7.39. The Morgan fingerprint density at radius 2 is 1.71 bits per heavy atom. The second-order valence-electron chi connectivity index (χ2n) is 4.72. The number of nitrogens with zero attached hydrogens (tertiary/aromatic N) is 3. The highest BCUT2D eigenvalue weighted by Crippen LogP contribution is 2.00. The third kappa shape index (κ3) is 3.95. The highest BCUT2D eigenvalue weighted by molar-refractivity contribution is 4.70. The SMILES string of the molecule is CC(C)N(C)CCN1CCN(C)CC1. The molecule has 1 saturated heterocycles. The molecule has 0 radical (unpaired) electrons. The van der Waals surface area contributed by atoms with E-state index in [2.05, 4.69) is 42.6 Å². The molecule has 0 bridgehead atoms. The van der Waals surface area contributed by atoms with Crippen LogP contribution in [0.1, 0.15) is 13.8 Å². The molecule has 0 aromatic carbocycles. The highest BCUT2D eigenvalue weighted by atomic mass is 15.3. The van der Waals surface area contributed by atoms with Crippen molar-refractivity contribution in [3.63, 3.8) is 0 Å². The third-order valence-corrected chi connectivity index (χ3v) is 3.25. The molecule has 0 aliphatic carbocycles. The van der Waals surface area contributed by atoms with Crippen LogP contribution in [0.15, 0.2) is 0 Å². The Hall–Kier alpha value is -0.120. The van der Waals surface area contributed by atoms with Crippen LogP contribution in [0, 0.1) is 0 Å². The molecule has 84 valence electrons. The molecular formula is C11H25N3. The summed E-state index contributed by atoms with van der Waals surface area (Å²) < 4.78 is 0. The average Bonchev–Trinajstić information content (AvgIpc) is 2.16. The van der Waals surface area contributed by atoms with Gasteiger partial charge in [-0.2, -0.15) is 0 Å². The van der Waals surface area contributed by atoms with Crippen LogP contribution < -0.4 is 0 Å². The Morgan fingerprint density at radius 1 is 1.14 bits per heavy atom. The van der Waals surface area contributed by atoms with Gasteiger partial charge in [-0.05, 0) is 27.9 Å². The Balaban J connectivity index is 2.13. The van der Waals surface area contributed by atoms with E-state index in [0.29, 0.717) is 6.04 Å². The van der Waals surface area contributed by atoms with Crippen LogP contribution in [0.3, 0.4) is 0 Å². The van der Waals surface area contributed by atoms with Crippen LogP contribution in [0.5, 0.6) is 0 Å². The van der Waals surface area contributed by atoms with Gasteiger partial charge in [0.15, 0.2) is 0 Å². The minimum Gasteiger partial charge on any atom is -0.304 e. The zero-order valence-electron chi connectivity index (χ0n) is 10.2. The monoisotopic (exact) mass is 199 g/mol. The lowest BCUT2D eigenvalue weighted by Crippen LogP contribution is -2.47. The van der Waals surface area contributed by atoms with Crippen molar-refractivity contribution in [2.24, 2.45) is 0 Å². The number of hydrogen-bond donors (Lipinski definition) is 0. The van der Waals surface area contributed by atoms with E-state index < -0.39 is 0 Å². The lowest BCUT2D eigenvalue weighted by molar-refractivity contribution is 0.134. The van der Waals surface area contributed by atoms with E-state index in [1.165, 1.54) is 39.3 Å². The standard InChI is InChI=1S/C11H25N3/c1-11(2)13(4)7-10-14-8-5-12(3)6-9-14/h11H,5-10H2,1-4H3. The van der Waals surface area contributed by atoms with Crippen LogP contribution in [0.2, 0.25) is 0 Å². The summed E-state index contributed by atoms with van der Waals surface area (Å²) in [5.74, 6) is 0. The highest BCUT2D eigenvalue weighted by Gasteiger charge is 2.14. The molecule has 0 saturated carbocycles. The average molecular weight is 199 g/mol. The number of hydrogen-bond acceptors (Lipinski definition) is 3. The molecule has 1 fully saturated rings. The topological polar surface area (TPSA) is 9.72 Å². The molecule has 3 nitrogen and oxygen atoms in total. The fraction of sp³-hybridized carbons (Fsp3) is 1.00. The van der Waals surface area contributed by atoms with Gasteiger partial charge in [-0.1, -0.05) is 0 Å². The van der Waals surface area contributed by atoms with Gasteiger partial charge in [-0.15, -0.1) is 0 Å². The first-order valence-electron chi connectivity index (χ1n) is 5.70. The van der Waals surface area contributed by atoms with Crippen LogP contribution in [-0.2, 0) is 0 Å². The molecule has 0 spiro atoms. The minimum atomic E-state index is 0.669. The summed E-state index contributed by atoms with van der Waals surface area (Å²) in [6.45, 7) is 11.9. The summed E-state index contributed by atoms with van der Waals surface area (Å²) >= 11 is 0. The molecule has 0 aromatic rings. The van der Waals surface area contributed by atoms with Crippen molar-refractivity contribution >= 4 is 0 Å². The molecule has 14 heavy (non-hydrogen) atoms. The van der Waals surface area contributed by atoms with Gasteiger partial charge in [0.05, 0.1) is 0 Å². The summed E-state index contributed by atoms with van der Waals surface area (Å²) in [6, 6.07) is 0.669. The smallest absolute Gasteiger partial charge is 0.0110 e. The van der Waals surface area contributed by atoms with Gasteiger partial charge in [0.2, 0.25) is 0 Å². The molecule has 0 N–H and O–H groups in total. The Bertz CT molecular complexity index is 151. The predicted molar refractivity (Wildman–Crippen MR) is 61.7 cm³/mol. The second kappa shape index (κ2) is 5.69. The zero-order chi connectivity index (χ0) is 10.6. The maximum atomic E-state index is 2.57. The van der Waals surface area contributed by atoms with Gasteiger partial charge in [0.25, 0.3) is 0 Å². The van der Waals surface area contributed by atoms with Crippen LogP contribution in [-0.4, -0.2) is 74.1 Å². The molecule has 3 heteroatoms. The Labute approximate surface area is 88.7 Å². The van der Waals surface area contributed by atoms with Gasteiger partial charge in [0, 0.05) is 45.3 Å². The van der Waals surface area contributed by atoms with E-state index in [9.17, 15) is 0 Å². The van der Waals surface area contributed by atoms with Crippen molar-refractivity contribution in [2.45, 2.75) is 19.9 Å². The second-order valence-corrected chi connectivity index (χ2v) is 4.72. The van der Waals surface area contributed by atoms with E-state index in [4.69, 9.17) is 0 Å². The maximum Gasteiger partial charge on any atom is 0.0110 e. The van der Waals surface area contributed by atoms with Gasteiger partial charge in [0.1, 0.15) is 0 Å². The molecule has 0 unspecified atom stereocenters. The summed E-state index contributed by atoms with van der Waals surface area (Å²) in [7, 11) is 4.42. The first-order valence-corrected chi connectivity index (χ1v) is 5.70. The van der Waals surface area contributed by atoms with Gasteiger partial charge < -0.3 is 9.80 Å². The van der Waals surface area contributed by atoms with Crippen molar-refractivity contribution in [1.29, 1.82) is 0 Å². The molecule has 0 amide bonds. The van der Waals surface area contributed by atoms with E-state index in [-0.39, 0.29) is 0 Å². The summed E-state index contributed by atoms with van der Waals surface area (Å²) in [5, 5.41) is 0.